The van der Waals surface area contributed by atoms with Crippen LogP contribution in [0.3, 0.4) is 0 Å². The zero-order valence-corrected chi connectivity index (χ0v) is 24.6. The molecule has 2 fully saturated rings. The number of hydrogen-bond acceptors (Lipinski definition) is 4. The van der Waals surface area contributed by atoms with Crippen LogP contribution in [0, 0.1) is 0 Å². The number of methoxy groups -OCH3 is 1. The fourth-order valence-corrected chi connectivity index (χ4v) is 6.32. The molecule has 2 atom stereocenters. The van der Waals surface area contributed by atoms with Crippen LogP contribution in [0.25, 0.3) is 5.69 Å². The van der Waals surface area contributed by atoms with Crippen molar-refractivity contribution in [1.29, 1.82) is 0 Å². The summed E-state index contributed by atoms with van der Waals surface area (Å²) in [5.74, 6) is 1.29. The van der Waals surface area contributed by atoms with Crippen LogP contribution >= 0.6 is 37.2 Å². The van der Waals surface area contributed by atoms with Crippen molar-refractivity contribution < 1.29 is 4.74 Å². The quantitative estimate of drug-likeness (QED) is 0.243. The lowest BCUT2D eigenvalue weighted by atomic mass is 9.82. The number of nitrogens with zero attached hydrogens (tertiary/aromatic N) is 4. The van der Waals surface area contributed by atoms with Crippen LogP contribution in [0.15, 0.2) is 97.6 Å². The van der Waals surface area contributed by atoms with Crippen LogP contribution in [0.5, 0.6) is 5.75 Å². The highest BCUT2D eigenvalue weighted by Gasteiger charge is 2.41. The molecule has 0 amide bonds. The van der Waals surface area contributed by atoms with Crippen LogP contribution in [0.1, 0.15) is 35.4 Å². The molecule has 5 nitrogen and oxygen atoms in total. The Labute approximate surface area is 250 Å². The third-order valence-corrected chi connectivity index (χ3v) is 7.93. The van der Waals surface area contributed by atoms with E-state index in [2.05, 4.69) is 98.2 Å². The fourth-order valence-electron chi connectivity index (χ4n) is 6.32. The molecule has 0 aliphatic carbocycles. The molecule has 0 radical (unpaired) electrons. The highest BCUT2D eigenvalue weighted by Crippen LogP contribution is 2.38. The minimum atomic E-state index is 0. The van der Waals surface area contributed by atoms with E-state index in [0.717, 1.165) is 31.1 Å². The van der Waals surface area contributed by atoms with E-state index < -0.39 is 0 Å². The molecule has 2 aliphatic heterocycles. The summed E-state index contributed by atoms with van der Waals surface area (Å²) in [6.07, 6.45) is 8.22. The SMILES string of the molecule is COc1ccc(-n2ccnc2)cc1CN1C[C@@H]2CCCN2[C@H](C(c2ccccc2)c2ccccc2)C1.Cl.Cl.Cl. The Morgan fingerprint density at radius 3 is 2.21 bits per heavy atom. The summed E-state index contributed by atoms with van der Waals surface area (Å²) in [4.78, 5) is 9.69. The van der Waals surface area contributed by atoms with Gasteiger partial charge in [0.05, 0.1) is 13.4 Å². The standard InChI is InChI=1S/C31H34N4O.3ClH/c1-36-30-15-14-27(34-18-16-32-23-34)19-26(30)20-33-21-28-13-8-17-35(28)29(22-33)31(24-9-4-2-5-10-24)25-11-6-3-7-12-25;;;/h2-7,9-12,14-16,18-19,23,28-29,31H,8,13,17,20-22H2,1H3;3*1H/t28-,29-;;;/m0.../s1. The normalized spacial score (nSPS) is 18.9. The van der Waals surface area contributed by atoms with E-state index in [0.29, 0.717) is 18.0 Å². The summed E-state index contributed by atoms with van der Waals surface area (Å²) in [6, 6.07) is 29.7. The van der Waals surface area contributed by atoms with Crippen molar-refractivity contribution >= 4 is 37.2 Å². The van der Waals surface area contributed by atoms with Gasteiger partial charge in [-0.05, 0) is 48.7 Å². The molecule has 3 heterocycles. The Hall–Kier alpha value is -2.54. The van der Waals surface area contributed by atoms with E-state index in [1.165, 1.54) is 36.1 Å². The summed E-state index contributed by atoms with van der Waals surface area (Å²) in [5.41, 5.74) is 5.15. The van der Waals surface area contributed by atoms with Crippen molar-refractivity contribution in [3.63, 3.8) is 0 Å². The highest BCUT2D eigenvalue weighted by atomic mass is 35.5. The molecule has 2 aliphatic rings. The predicted octanol–water partition coefficient (Wildman–Crippen LogP) is 6.63. The zero-order valence-electron chi connectivity index (χ0n) is 22.1. The van der Waals surface area contributed by atoms with Gasteiger partial charge in [-0.25, -0.2) is 4.98 Å². The molecule has 208 valence electrons. The van der Waals surface area contributed by atoms with E-state index in [4.69, 9.17) is 4.74 Å². The average molecular weight is 588 g/mol. The molecule has 4 aromatic rings. The number of benzene rings is 3. The van der Waals surface area contributed by atoms with E-state index in [9.17, 15) is 0 Å². The maximum absolute atomic E-state index is 5.80. The summed E-state index contributed by atoms with van der Waals surface area (Å²) in [6.45, 7) is 4.20. The minimum absolute atomic E-state index is 0. The molecule has 6 rings (SSSR count). The largest absolute Gasteiger partial charge is 0.496 e. The van der Waals surface area contributed by atoms with Crippen LogP contribution in [-0.2, 0) is 6.54 Å². The average Bonchev–Trinajstić information content (AvgIpc) is 3.63. The van der Waals surface area contributed by atoms with Crippen molar-refractivity contribution in [1.82, 2.24) is 19.4 Å². The first-order chi connectivity index (χ1) is 17.8. The van der Waals surface area contributed by atoms with Gasteiger partial charge in [0, 0.05) is 61.3 Å². The molecule has 39 heavy (non-hydrogen) atoms. The summed E-state index contributed by atoms with van der Waals surface area (Å²) in [7, 11) is 1.77. The van der Waals surface area contributed by atoms with Gasteiger partial charge >= 0.3 is 0 Å². The van der Waals surface area contributed by atoms with E-state index in [1.54, 1.807) is 7.11 Å². The smallest absolute Gasteiger partial charge is 0.123 e. The van der Waals surface area contributed by atoms with Gasteiger partial charge in [-0.3, -0.25) is 9.80 Å². The van der Waals surface area contributed by atoms with Gasteiger partial charge in [-0.2, -0.15) is 0 Å². The third kappa shape index (κ3) is 6.62. The van der Waals surface area contributed by atoms with Crippen LogP contribution in [-0.4, -0.2) is 58.2 Å². The van der Waals surface area contributed by atoms with Gasteiger partial charge in [0.15, 0.2) is 0 Å². The maximum Gasteiger partial charge on any atom is 0.123 e. The Bertz CT molecular complexity index is 1230. The molecule has 0 bridgehead atoms. The monoisotopic (exact) mass is 586 g/mol. The first kappa shape index (κ1) is 31.0. The van der Waals surface area contributed by atoms with Gasteiger partial charge in [-0.1, -0.05) is 60.7 Å². The van der Waals surface area contributed by atoms with Crippen LogP contribution in [0.2, 0.25) is 0 Å². The maximum atomic E-state index is 5.80. The van der Waals surface area contributed by atoms with Crippen molar-refractivity contribution in [3.05, 3.63) is 114 Å². The highest BCUT2D eigenvalue weighted by molar-refractivity contribution is 5.86. The topological polar surface area (TPSA) is 33.5 Å². The van der Waals surface area contributed by atoms with Crippen LogP contribution < -0.4 is 4.74 Å². The van der Waals surface area contributed by atoms with Gasteiger partial charge in [-0.15, -0.1) is 37.2 Å². The van der Waals surface area contributed by atoms with E-state index >= 15 is 0 Å². The Morgan fingerprint density at radius 2 is 1.59 bits per heavy atom. The van der Waals surface area contributed by atoms with E-state index in [1.807, 2.05) is 18.7 Å². The lowest BCUT2D eigenvalue weighted by molar-refractivity contribution is 0.0380. The number of ether oxygens (including phenoxy) is 1. The second kappa shape index (κ2) is 14.2. The number of piperazine rings is 1. The molecule has 1 aromatic heterocycles. The predicted molar refractivity (Wildman–Crippen MR) is 165 cm³/mol. The van der Waals surface area contributed by atoms with Crippen molar-refractivity contribution in [2.45, 2.75) is 37.4 Å². The molecular weight excluding hydrogens is 551 g/mol. The minimum Gasteiger partial charge on any atom is -0.496 e. The molecule has 0 saturated carbocycles. The Kier molecular flexibility index (Phi) is 11.3. The molecule has 2 saturated heterocycles. The first-order valence-electron chi connectivity index (χ1n) is 13.0. The lowest BCUT2D eigenvalue weighted by Crippen LogP contribution is -2.57. The van der Waals surface area contributed by atoms with Gasteiger partial charge in [0.25, 0.3) is 0 Å². The summed E-state index contributed by atoms with van der Waals surface area (Å²) >= 11 is 0. The Morgan fingerprint density at radius 1 is 0.897 bits per heavy atom. The fraction of sp³-hybridized carbons (Fsp3) is 0.323. The number of rotatable bonds is 7. The molecule has 0 unspecified atom stereocenters. The van der Waals surface area contributed by atoms with Crippen molar-refractivity contribution in [3.8, 4) is 11.4 Å². The first-order valence-corrected chi connectivity index (χ1v) is 13.0. The number of imidazole rings is 1. The van der Waals surface area contributed by atoms with Gasteiger partial charge in [0.2, 0.25) is 0 Å². The van der Waals surface area contributed by atoms with Crippen molar-refractivity contribution in [2.24, 2.45) is 0 Å². The number of halogens is 3. The van der Waals surface area contributed by atoms with Crippen molar-refractivity contribution in [2.75, 3.05) is 26.7 Å². The number of hydrogen-bond donors (Lipinski definition) is 0. The number of aromatic nitrogens is 2. The molecule has 0 spiro atoms. The third-order valence-electron chi connectivity index (χ3n) is 7.93. The molecular formula is C31H37Cl3N4O. The number of fused-ring (bicyclic) bond motifs is 1. The molecule has 0 N–H and O–H groups in total. The molecule has 8 heteroatoms. The second-order valence-corrected chi connectivity index (χ2v) is 10.1. The molecule has 3 aromatic carbocycles. The Balaban J connectivity index is 0.00000140. The second-order valence-electron chi connectivity index (χ2n) is 10.1. The van der Waals surface area contributed by atoms with Gasteiger partial charge < -0.3 is 9.30 Å². The van der Waals surface area contributed by atoms with E-state index in [-0.39, 0.29) is 37.2 Å². The zero-order chi connectivity index (χ0) is 24.3. The summed E-state index contributed by atoms with van der Waals surface area (Å²) in [5, 5.41) is 0. The van der Waals surface area contributed by atoms with Gasteiger partial charge in [0.1, 0.15) is 5.75 Å². The lowest BCUT2D eigenvalue weighted by Gasteiger charge is -2.47. The summed E-state index contributed by atoms with van der Waals surface area (Å²) < 4.78 is 7.85. The van der Waals surface area contributed by atoms with Crippen LogP contribution in [0.4, 0.5) is 0 Å².